The number of carbonyl (C=O) groups excluding carboxylic acids is 2. The minimum absolute atomic E-state index is 0.0738. The van der Waals surface area contributed by atoms with Gasteiger partial charge in [0.25, 0.3) is 5.91 Å². The molecule has 3 aromatic carbocycles. The molecular formula is C29H30Cl2N2O3. The van der Waals surface area contributed by atoms with Gasteiger partial charge in [-0.05, 0) is 60.6 Å². The molecule has 0 spiro atoms. The Labute approximate surface area is 222 Å². The van der Waals surface area contributed by atoms with Crippen molar-refractivity contribution in [3.63, 3.8) is 0 Å². The van der Waals surface area contributed by atoms with Gasteiger partial charge in [0.1, 0.15) is 0 Å². The van der Waals surface area contributed by atoms with E-state index in [0.29, 0.717) is 29.8 Å². The van der Waals surface area contributed by atoms with E-state index in [-0.39, 0.29) is 18.0 Å². The van der Waals surface area contributed by atoms with E-state index in [2.05, 4.69) is 5.32 Å². The van der Waals surface area contributed by atoms with Crippen molar-refractivity contribution in [2.45, 2.75) is 37.8 Å². The highest BCUT2D eigenvalue weighted by atomic mass is 35.5. The van der Waals surface area contributed by atoms with Crippen molar-refractivity contribution in [3.05, 3.63) is 105 Å². The quantitative estimate of drug-likeness (QED) is 0.323. The molecule has 36 heavy (non-hydrogen) atoms. The fraction of sp³-hybridized carbons (Fsp3) is 0.310. The molecule has 0 radical (unpaired) electrons. The number of rotatable bonds is 6. The molecule has 1 saturated heterocycles. The molecule has 1 fully saturated rings. The number of fused-ring (bicyclic) bond motifs is 1. The van der Waals surface area contributed by atoms with E-state index >= 15 is 0 Å². The third-order valence-electron chi connectivity index (χ3n) is 6.62. The largest absolute Gasteiger partial charge is 0.381 e. The van der Waals surface area contributed by atoms with Gasteiger partial charge in [-0.25, -0.2) is 0 Å². The molecule has 5 nitrogen and oxygen atoms in total. The SMILES string of the molecule is O=C1c2ccccc2CC(c2ccc(Cl)cc2Cl)N1C1CCOCC1.O=CNCCc1ccccc1. The number of benzene rings is 3. The maximum atomic E-state index is 13.3. The molecule has 5 rings (SSSR count). The van der Waals surface area contributed by atoms with Crippen LogP contribution in [0.2, 0.25) is 10.0 Å². The van der Waals surface area contributed by atoms with Gasteiger partial charge in [-0.1, -0.05) is 77.8 Å². The van der Waals surface area contributed by atoms with Crippen LogP contribution >= 0.6 is 23.2 Å². The van der Waals surface area contributed by atoms with Gasteiger partial charge in [-0.2, -0.15) is 0 Å². The Morgan fingerprint density at radius 3 is 2.42 bits per heavy atom. The number of amides is 2. The Morgan fingerprint density at radius 1 is 0.972 bits per heavy atom. The maximum absolute atomic E-state index is 13.3. The number of carbonyl (C=O) groups is 2. The van der Waals surface area contributed by atoms with Crippen LogP contribution in [0.3, 0.4) is 0 Å². The van der Waals surface area contributed by atoms with Gasteiger partial charge in [0.05, 0.1) is 6.04 Å². The maximum Gasteiger partial charge on any atom is 0.254 e. The smallest absolute Gasteiger partial charge is 0.254 e. The molecule has 1 N–H and O–H groups in total. The molecule has 7 heteroatoms. The first-order valence-electron chi connectivity index (χ1n) is 12.2. The van der Waals surface area contributed by atoms with Gasteiger partial charge in [0, 0.05) is 41.4 Å². The molecule has 0 saturated carbocycles. The second-order valence-corrected chi connectivity index (χ2v) is 9.75. The lowest BCUT2D eigenvalue weighted by Gasteiger charge is -2.43. The molecule has 0 bridgehead atoms. The summed E-state index contributed by atoms with van der Waals surface area (Å²) in [6, 6.07) is 23.6. The number of nitrogens with zero attached hydrogens (tertiary/aromatic N) is 1. The van der Waals surface area contributed by atoms with Crippen molar-refractivity contribution in [2.75, 3.05) is 19.8 Å². The Balaban J connectivity index is 0.000000233. The molecule has 1 unspecified atom stereocenters. The Hall–Kier alpha value is -2.86. The highest BCUT2D eigenvalue weighted by Crippen LogP contribution is 2.39. The minimum Gasteiger partial charge on any atom is -0.381 e. The summed E-state index contributed by atoms with van der Waals surface area (Å²) < 4.78 is 5.49. The van der Waals surface area contributed by atoms with Crippen LogP contribution in [0.1, 0.15) is 45.9 Å². The average Bonchev–Trinajstić information content (AvgIpc) is 2.90. The van der Waals surface area contributed by atoms with Crippen molar-refractivity contribution >= 4 is 35.5 Å². The van der Waals surface area contributed by atoms with Crippen molar-refractivity contribution in [3.8, 4) is 0 Å². The molecule has 2 amide bonds. The average molecular weight is 525 g/mol. The lowest BCUT2D eigenvalue weighted by atomic mass is 9.87. The van der Waals surface area contributed by atoms with Crippen molar-refractivity contribution in [1.82, 2.24) is 10.2 Å². The molecule has 2 aliphatic heterocycles. The van der Waals surface area contributed by atoms with Crippen LogP contribution in [0, 0.1) is 0 Å². The Kier molecular flexibility index (Phi) is 9.40. The fourth-order valence-electron chi connectivity index (χ4n) is 4.83. The van der Waals surface area contributed by atoms with E-state index in [9.17, 15) is 9.59 Å². The normalized spacial score (nSPS) is 17.6. The van der Waals surface area contributed by atoms with Crippen LogP contribution < -0.4 is 5.32 Å². The Bertz CT molecular complexity index is 1170. The molecule has 1 atom stereocenters. The zero-order valence-electron chi connectivity index (χ0n) is 20.0. The summed E-state index contributed by atoms with van der Waals surface area (Å²) in [5.41, 5.74) is 4.09. The van der Waals surface area contributed by atoms with E-state index in [1.54, 1.807) is 6.07 Å². The predicted molar refractivity (Wildman–Crippen MR) is 144 cm³/mol. The summed E-state index contributed by atoms with van der Waals surface area (Å²) >= 11 is 12.6. The van der Waals surface area contributed by atoms with Crippen LogP contribution in [0.15, 0.2) is 72.8 Å². The van der Waals surface area contributed by atoms with E-state index < -0.39 is 0 Å². The number of hydrogen-bond donors (Lipinski definition) is 1. The highest BCUT2D eigenvalue weighted by molar-refractivity contribution is 6.35. The van der Waals surface area contributed by atoms with Crippen LogP contribution in [-0.4, -0.2) is 43.0 Å². The first-order chi connectivity index (χ1) is 17.6. The van der Waals surface area contributed by atoms with Crippen LogP contribution in [0.4, 0.5) is 0 Å². The van der Waals surface area contributed by atoms with Gasteiger partial charge in [-0.15, -0.1) is 0 Å². The first-order valence-corrected chi connectivity index (χ1v) is 13.0. The molecule has 0 aliphatic carbocycles. The van der Waals surface area contributed by atoms with Gasteiger partial charge in [0.2, 0.25) is 6.41 Å². The lowest BCUT2D eigenvalue weighted by Crippen LogP contribution is -2.48. The summed E-state index contributed by atoms with van der Waals surface area (Å²) in [5.74, 6) is 0.0877. The number of hydrogen-bond acceptors (Lipinski definition) is 3. The monoisotopic (exact) mass is 524 g/mol. The van der Waals surface area contributed by atoms with Gasteiger partial charge in [0.15, 0.2) is 0 Å². The molecule has 0 aromatic heterocycles. The topological polar surface area (TPSA) is 58.6 Å². The van der Waals surface area contributed by atoms with Crippen molar-refractivity contribution in [1.29, 1.82) is 0 Å². The van der Waals surface area contributed by atoms with Crippen LogP contribution in [-0.2, 0) is 22.4 Å². The highest BCUT2D eigenvalue weighted by Gasteiger charge is 2.38. The summed E-state index contributed by atoms with van der Waals surface area (Å²) in [5, 5.41) is 3.83. The fourth-order valence-corrected chi connectivity index (χ4v) is 5.36. The second-order valence-electron chi connectivity index (χ2n) is 8.91. The van der Waals surface area contributed by atoms with Crippen LogP contribution in [0.25, 0.3) is 0 Å². The van der Waals surface area contributed by atoms with E-state index in [0.717, 1.165) is 48.8 Å². The minimum atomic E-state index is -0.0738. The second kappa shape index (κ2) is 12.9. The van der Waals surface area contributed by atoms with Crippen molar-refractivity contribution < 1.29 is 14.3 Å². The van der Waals surface area contributed by atoms with E-state index in [1.165, 1.54) is 5.56 Å². The molecule has 3 aromatic rings. The van der Waals surface area contributed by atoms with Gasteiger partial charge < -0.3 is 15.0 Å². The third kappa shape index (κ3) is 6.47. The lowest BCUT2D eigenvalue weighted by molar-refractivity contribution is -0.109. The summed E-state index contributed by atoms with van der Waals surface area (Å²) in [6.07, 6.45) is 4.11. The zero-order chi connectivity index (χ0) is 25.3. The Morgan fingerprint density at radius 2 is 1.69 bits per heavy atom. The zero-order valence-corrected chi connectivity index (χ0v) is 21.5. The number of nitrogens with one attached hydrogen (secondary N) is 1. The van der Waals surface area contributed by atoms with Gasteiger partial charge in [-0.3, -0.25) is 9.59 Å². The number of halogens is 2. The third-order valence-corrected chi connectivity index (χ3v) is 7.18. The van der Waals surface area contributed by atoms with Crippen molar-refractivity contribution in [2.24, 2.45) is 0 Å². The number of ether oxygens (including phenoxy) is 1. The summed E-state index contributed by atoms with van der Waals surface area (Å²) in [6.45, 7) is 2.10. The predicted octanol–water partition coefficient (Wildman–Crippen LogP) is 5.89. The standard InChI is InChI=1S/C20H19Cl2NO2.C9H11NO/c21-14-5-6-17(18(22)12-14)19-11-13-3-1-2-4-16(13)20(24)23(19)15-7-9-25-10-8-15;11-8-10-7-6-9-4-2-1-3-5-9/h1-6,12,15,19H,7-11H2;1-5,8H,6-7H2,(H,10,11). The summed E-state index contributed by atoms with van der Waals surface area (Å²) in [4.78, 5) is 25.2. The molecule has 2 aliphatic rings. The van der Waals surface area contributed by atoms with E-state index in [1.807, 2.05) is 71.6 Å². The van der Waals surface area contributed by atoms with Crippen LogP contribution in [0.5, 0.6) is 0 Å². The summed E-state index contributed by atoms with van der Waals surface area (Å²) in [7, 11) is 0. The van der Waals surface area contributed by atoms with Gasteiger partial charge >= 0.3 is 0 Å². The molecule has 2 heterocycles. The van der Waals surface area contributed by atoms with E-state index in [4.69, 9.17) is 27.9 Å². The first kappa shape index (κ1) is 26.2. The molecule has 188 valence electrons. The molecular weight excluding hydrogens is 495 g/mol.